The number of aliphatic imine (C=N–C) groups is 2. The van der Waals surface area contributed by atoms with Crippen LogP contribution in [0.1, 0.15) is 38.2 Å². The highest BCUT2D eigenvalue weighted by Gasteiger charge is 2.26. The van der Waals surface area contributed by atoms with Gasteiger partial charge in [0.25, 0.3) is 0 Å². The van der Waals surface area contributed by atoms with Gasteiger partial charge in [-0.1, -0.05) is 6.92 Å². The minimum Gasteiger partial charge on any atom is -0.404 e. The molecule has 34 heavy (non-hydrogen) atoms. The minimum atomic E-state index is -0.750. The van der Waals surface area contributed by atoms with Gasteiger partial charge in [-0.2, -0.15) is 0 Å². The molecule has 2 aliphatic rings. The number of hydrogen-bond acceptors (Lipinski definition) is 6. The van der Waals surface area contributed by atoms with Crippen molar-refractivity contribution in [1.29, 1.82) is 0 Å². The maximum Gasteiger partial charge on any atom is 0.222 e. The third kappa shape index (κ3) is 5.99. The van der Waals surface area contributed by atoms with Crippen LogP contribution in [-0.4, -0.2) is 62.3 Å². The summed E-state index contributed by atoms with van der Waals surface area (Å²) in [6.07, 6.45) is 5.14. The Kier molecular flexibility index (Phi) is 8.75. The van der Waals surface area contributed by atoms with Crippen molar-refractivity contribution >= 4 is 29.2 Å². The van der Waals surface area contributed by atoms with Gasteiger partial charge in [-0.3, -0.25) is 9.79 Å². The van der Waals surface area contributed by atoms with Crippen LogP contribution in [0.4, 0.5) is 14.5 Å². The Balaban J connectivity index is 1.96. The second-order valence-corrected chi connectivity index (χ2v) is 8.20. The zero-order valence-corrected chi connectivity index (χ0v) is 19.6. The molecule has 8 nitrogen and oxygen atoms in total. The lowest BCUT2D eigenvalue weighted by Gasteiger charge is -2.34. The molecule has 0 bridgehead atoms. The fourth-order valence-electron chi connectivity index (χ4n) is 4.06. The summed E-state index contributed by atoms with van der Waals surface area (Å²) in [6.45, 7) is 3.95. The number of halogens is 2. The van der Waals surface area contributed by atoms with Gasteiger partial charge in [0, 0.05) is 86.6 Å². The van der Waals surface area contributed by atoms with Crippen molar-refractivity contribution in [3.8, 4) is 0 Å². The largest absolute Gasteiger partial charge is 0.404 e. The van der Waals surface area contributed by atoms with E-state index in [1.165, 1.54) is 13.3 Å². The summed E-state index contributed by atoms with van der Waals surface area (Å²) in [7, 11) is 1.51. The van der Waals surface area contributed by atoms with Crippen molar-refractivity contribution < 1.29 is 18.3 Å². The Bertz CT molecular complexity index is 1030. The number of nitrogens with zero attached hydrogens (tertiary/aromatic N) is 3. The summed E-state index contributed by atoms with van der Waals surface area (Å²) in [5.41, 5.74) is 13.3. The first kappa shape index (κ1) is 25.4. The molecule has 1 saturated heterocycles. The standard InChI is InChI=1S/C24H32F2N6O2/c1-3-23(33)32-7-4-21(30-16-5-8-34-9-6-16)18(14-32)24(28)31-22-11-19(25)17(10-20(22)26)15(12-27)13-29-2/h10-13,16,30H,3-9,14,27H2,1-2H3,(H2,28,31). The monoisotopic (exact) mass is 474 g/mol. The topological polar surface area (TPSA) is 118 Å². The number of benzene rings is 1. The Morgan fingerprint density at radius 3 is 2.68 bits per heavy atom. The Labute approximate surface area is 198 Å². The molecule has 1 aromatic rings. The van der Waals surface area contributed by atoms with Crippen molar-refractivity contribution in [2.24, 2.45) is 21.5 Å². The van der Waals surface area contributed by atoms with Crippen LogP contribution in [0.2, 0.25) is 0 Å². The number of ether oxygens (including phenoxy) is 1. The molecule has 0 saturated carbocycles. The van der Waals surface area contributed by atoms with Crippen molar-refractivity contribution in [3.05, 3.63) is 46.8 Å². The second-order valence-electron chi connectivity index (χ2n) is 8.20. The second kappa shape index (κ2) is 11.7. The maximum atomic E-state index is 14.9. The smallest absolute Gasteiger partial charge is 0.222 e. The molecule has 0 aliphatic carbocycles. The molecule has 0 radical (unpaired) electrons. The lowest BCUT2D eigenvalue weighted by molar-refractivity contribution is -0.130. The molecular weight excluding hydrogens is 442 g/mol. The summed E-state index contributed by atoms with van der Waals surface area (Å²) in [6, 6.07) is 2.22. The number of carbonyl (C=O) groups excluding carboxylic acids is 1. The van der Waals surface area contributed by atoms with Crippen LogP contribution < -0.4 is 16.8 Å². The van der Waals surface area contributed by atoms with Crippen LogP contribution in [-0.2, 0) is 9.53 Å². The van der Waals surface area contributed by atoms with Crippen LogP contribution in [0.25, 0.3) is 5.57 Å². The lowest BCUT2D eigenvalue weighted by Crippen LogP contribution is -2.44. The SMILES string of the molecule is CCC(=O)N1CCC(NC2CCOCC2)=C(C(N)=Nc2cc(F)c(C(C=NC)=CN)cc2F)C1. The average molecular weight is 475 g/mol. The summed E-state index contributed by atoms with van der Waals surface area (Å²) >= 11 is 0. The number of nitrogens with two attached hydrogens (primary N) is 2. The molecule has 2 aliphatic heterocycles. The molecule has 1 aromatic carbocycles. The van der Waals surface area contributed by atoms with E-state index in [2.05, 4.69) is 15.3 Å². The molecule has 184 valence electrons. The molecule has 0 unspecified atom stereocenters. The van der Waals surface area contributed by atoms with E-state index >= 15 is 0 Å². The van der Waals surface area contributed by atoms with Gasteiger partial charge in [0.05, 0.1) is 6.54 Å². The van der Waals surface area contributed by atoms with Crippen LogP contribution in [0.15, 0.2) is 39.6 Å². The van der Waals surface area contributed by atoms with Gasteiger partial charge in [-0.25, -0.2) is 13.8 Å². The summed E-state index contributed by atoms with van der Waals surface area (Å²) < 4.78 is 35.1. The number of amides is 1. The maximum absolute atomic E-state index is 14.9. The molecular formula is C24H32F2N6O2. The van der Waals surface area contributed by atoms with Crippen molar-refractivity contribution in [1.82, 2.24) is 10.2 Å². The van der Waals surface area contributed by atoms with E-state index < -0.39 is 11.6 Å². The van der Waals surface area contributed by atoms with E-state index in [1.807, 2.05) is 0 Å². The van der Waals surface area contributed by atoms with E-state index in [0.717, 1.165) is 36.9 Å². The van der Waals surface area contributed by atoms with Gasteiger partial charge in [0.15, 0.2) is 0 Å². The highest BCUT2D eigenvalue weighted by atomic mass is 19.1. The van der Waals surface area contributed by atoms with Gasteiger partial charge in [0.2, 0.25) is 5.91 Å². The molecule has 3 rings (SSSR count). The predicted molar refractivity (Wildman–Crippen MR) is 130 cm³/mol. The number of rotatable bonds is 7. The van der Waals surface area contributed by atoms with Gasteiger partial charge >= 0.3 is 0 Å². The first-order valence-electron chi connectivity index (χ1n) is 11.4. The summed E-state index contributed by atoms with van der Waals surface area (Å²) in [5, 5.41) is 3.52. The van der Waals surface area contributed by atoms with E-state index in [-0.39, 0.29) is 41.2 Å². The van der Waals surface area contributed by atoms with Crippen LogP contribution in [0.5, 0.6) is 0 Å². The predicted octanol–water partition coefficient (Wildman–Crippen LogP) is 2.62. The third-order valence-electron chi connectivity index (χ3n) is 5.95. The van der Waals surface area contributed by atoms with E-state index in [0.29, 0.717) is 38.2 Å². The molecule has 0 aromatic heterocycles. The van der Waals surface area contributed by atoms with Crippen molar-refractivity contribution in [2.45, 2.75) is 38.6 Å². The Hall–Kier alpha value is -3.27. The Morgan fingerprint density at radius 2 is 2.03 bits per heavy atom. The fraction of sp³-hybridized carbons (Fsp3) is 0.458. The highest BCUT2D eigenvalue weighted by molar-refractivity contribution is 6.09. The van der Waals surface area contributed by atoms with Gasteiger partial charge < -0.3 is 26.4 Å². The van der Waals surface area contributed by atoms with E-state index in [4.69, 9.17) is 16.2 Å². The van der Waals surface area contributed by atoms with Gasteiger partial charge in [-0.15, -0.1) is 0 Å². The molecule has 0 atom stereocenters. The van der Waals surface area contributed by atoms with Gasteiger partial charge in [0.1, 0.15) is 23.2 Å². The normalized spacial score (nSPS) is 18.6. The highest BCUT2D eigenvalue weighted by Crippen LogP contribution is 2.27. The molecule has 10 heteroatoms. The number of hydrogen-bond donors (Lipinski definition) is 3. The Morgan fingerprint density at radius 1 is 1.29 bits per heavy atom. The number of amidine groups is 1. The number of nitrogens with one attached hydrogen (secondary N) is 1. The van der Waals surface area contributed by atoms with Crippen LogP contribution in [0, 0.1) is 11.6 Å². The van der Waals surface area contributed by atoms with Crippen molar-refractivity contribution in [3.63, 3.8) is 0 Å². The van der Waals surface area contributed by atoms with Gasteiger partial charge in [-0.05, 0) is 18.9 Å². The fourth-order valence-corrected chi connectivity index (χ4v) is 4.06. The number of carbonyl (C=O) groups is 1. The molecule has 5 N–H and O–H groups in total. The zero-order chi connectivity index (χ0) is 24.7. The quantitative estimate of drug-likeness (QED) is 0.415. The zero-order valence-electron chi connectivity index (χ0n) is 19.6. The van der Waals surface area contributed by atoms with Crippen LogP contribution in [0.3, 0.4) is 0 Å². The van der Waals surface area contributed by atoms with Crippen LogP contribution >= 0.6 is 0 Å². The molecule has 1 fully saturated rings. The third-order valence-corrected chi connectivity index (χ3v) is 5.95. The lowest BCUT2D eigenvalue weighted by atomic mass is 10.0. The first-order chi connectivity index (χ1) is 16.4. The van der Waals surface area contributed by atoms with E-state index in [1.54, 1.807) is 11.8 Å². The first-order valence-corrected chi connectivity index (χ1v) is 11.4. The average Bonchev–Trinajstić information content (AvgIpc) is 2.85. The summed E-state index contributed by atoms with van der Waals surface area (Å²) in [4.78, 5) is 22.0. The summed E-state index contributed by atoms with van der Waals surface area (Å²) in [5.74, 6) is -1.42. The molecule has 1 amide bonds. The number of allylic oxidation sites excluding steroid dienone is 1. The molecule has 0 spiro atoms. The van der Waals surface area contributed by atoms with E-state index in [9.17, 15) is 13.6 Å². The van der Waals surface area contributed by atoms with Crippen molar-refractivity contribution in [2.75, 3.05) is 33.4 Å². The minimum absolute atomic E-state index is 0.00400. The molecule has 2 heterocycles.